The average Bonchev–Trinajstić information content (AvgIpc) is 3.04. The molecule has 2 heterocycles. The number of carbonyl (C=O) groups is 1. The molecular weight excluding hydrogens is 286 g/mol. The minimum absolute atomic E-state index is 0.0546. The van der Waals surface area contributed by atoms with Gasteiger partial charge in [0.25, 0.3) is 5.56 Å². The number of hydrogen-bond acceptors (Lipinski definition) is 4. The van der Waals surface area contributed by atoms with Gasteiger partial charge >= 0.3 is 0 Å². The molecule has 0 saturated heterocycles. The third-order valence-corrected chi connectivity index (χ3v) is 4.93. The summed E-state index contributed by atoms with van der Waals surface area (Å²) in [5, 5.41) is 3.62. The molecule has 2 aromatic heterocycles. The van der Waals surface area contributed by atoms with Gasteiger partial charge in [-0.3, -0.25) is 14.2 Å². The predicted molar refractivity (Wildman–Crippen MR) is 83.8 cm³/mol. The lowest BCUT2D eigenvalue weighted by Gasteiger charge is -2.14. The number of hydrogen-bond donors (Lipinski definition) is 1. The number of nitrogens with one attached hydrogen (secondary N) is 1. The molecule has 1 N–H and O–H groups in total. The molecule has 0 aliphatic heterocycles. The molecule has 0 bridgehead atoms. The Kier molecular flexibility index (Phi) is 3.80. The first-order chi connectivity index (χ1) is 10.0. The number of nitrogens with zero attached hydrogens (tertiary/aromatic N) is 2. The van der Waals surface area contributed by atoms with Crippen LogP contribution in [0.25, 0.3) is 10.2 Å². The van der Waals surface area contributed by atoms with Crippen molar-refractivity contribution in [2.45, 2.75) is 52.1 Å². The largest absolute Gasteiger partial charge is 0.352 e. The zero-order chi connectivity index (χ0) is 15.0. The molecule has 0 atom stereocenters. The third-order valence-electron chi connectivity index (χ3n) is 3.99. The predicted octanol–water partition coefficient (Wildman–Crippen LogP) is 2.13. The molecule has 6 heteroatoms. The van der Waals surface area contributed by atoms with Crippen LogP contribution in [0.2, 0.25) is 0 Å². The maximum absolute atomic E-state index is 12.5. The Bertz CT molecular complexity index is 741. The first kappa shape index (κ1) is 14.3. The monoisotopic (exact) mass is 305 g/mol. The molecule has 1 fully saturated rings. The van der Waals surface area contributed by atoms with E-state index in [1.807, 2.05) is 13.0 Å². The smallest absolute Gasteiger partial charge is 0.262 e. The number of rotatable bonds is 3. The third kappa shape index (κ3) is 2.85. The number of fused-ring (bicyclic) bond motifs is 1. The molecule has 0 radical (unpaired) electrons. The maximum Gasteiger partial charge on any atom is 0.262 e. The second kappa shape index (κ2) is 5.60. The molecule has 0 spiro atoms. The van der Waals surface area contributed by atoms with E-state index < -0.39 is 0 Å². The Balaban J connectivity index is 1.85. The summed E-state index contributed by atoms with van der Waals surface area (Å²) < 4.78 is 1.47. The lowest BCUT2D eigenvalue weighted by Crippen LogP contribution is -2.38. The average molecular weight is 305 g/mol. The molecule has 0 unspecified atom stereocenters. The van der Waals surface area contributed by atoms with Crippen molar-refractivity contribution in [2.24, 2.45) is 0 Å². The van der Waals surface area contributed by atoms with Gasteiger partial charge in [-0.15, -0.1) is 11.3 Å². The van der Waals surface area contributed by atoms with Crippen LogP contribution in [-0.4, -0.2) is 21.5 Å². The first-order valence-corrected chi connectivity index (χ1v) is 8.13. The highest BCUT2D eigenvalue weighted by molar-refractivity contribution is 7.18. The van der Waals surface area contributed by atoms with Crippen LogP contribution in [-0.2, 0) is 11.3 Å². The lowest BCUT2D eigenvalue weighted by molar-refractivity contribution is -0.122. The number of thiophene rings is 1. The fourth-order valence-corrected chi connectivity index (χ4v) is 3.83. The highest BCUT2D eigenvalue weighted by Crippen LogP contribution is 2.20. The minimum atomic E-state index is -0.122. The van der Waals surface area contributed by atoms with E-state index in [0.717, 1.165) is 22.5 Å². The molecule has 1 amide bonds. The van der Waals surface area contributed by atoms with Crippen molar-refractivity contribution in [3.05, 3.63) is 27.1 Å². The van der Waals surface area contributed by atoms with Gasteiger partial charge in [0.2, 0.25) is 5.91 Å². The molecule has 5 nitrogen and oxygen atoms in total. The summed E-state index contributed by atoms with van der Waals surface area (Å²) in [6.07, 6.45) is 4.43. The molecular formula is C15H19N3O2S. The lowest BCUT2D eigenvalue weighted by atomic mass is 10.2. The van der Waals surface area contributed by atoms with Crippen LogP contribution in [0.3, 0.4) is 0 Å². The number of aromatic nitrogens is 2. The summed E-state index contributed by atoms with van der Waals surface area (Å²) in [6.45, 7) is 3.79. The second-order valence-corrected chi connectivity index (χ2v) is 6.91. The zero-order valence-electron chi connectivity index (χ0n) is 12.3. The van der Waals surface area contributed by atoms with Crippen molar-refractivity contribution in [1.29, 1.82) is 0 Å². The summed E-state index contributed by atoms with van der Waals surface area (Å²) in [5.41, 5.74) is -0.122. The first-order valence-electron chi connectivity index (χ1n) is 7.31. The molecule has 3 rings (SSSR count). The van der Waals surface area contributed by atoms with E-state index >= 15 is 0 Å². The highest BCUT2D eigenvalue weighted by Gasteiger charge is 2.18. The van der Waals surface area contributed by atoms with Gasteiger partial charge < -0.3 is 5.32 Å². The quantitative estimate of drug-likeness (QED) is 0.945. The molecule has 21 heavy (non-hydrogen) atoms. The van der Waals surface area contributed by atoms with Gasteiger partial charge in [0.15, 0.2) is 0 Å². The van der Waals surface area contributed by atoms with Gasteiger partial charge in [-0.05, 0) is 32.8 Å². The van der Waals surface area contributed by atoms with Crippen molar-refractivity contribution >= 4 is 27.5 Å². The summed E-state index contributed by atoms with van der Waals surface area (Å²) in [7, 11) is 0. The van der Waals surface area contributed by atoms with Crippen LogP contribution in [0.1, 0.15) is 36.4 Å². The summed E-state index contributed by atoms with van der Waals surface area (Å²) in [6, 6.07) is 2.12. The van der Waals surface area contributed by atoms with Crippen LogP contribution in [0.4, 0.5) is 0 Å². The SMILES string of the molecule is Cc1cc2c(=O)n(CC(=O)NC3CCCC3)c(C)nc2s1. The van der Waals surface area contributed by atoms with E-state index in [2.05, 4.69) is 10.3 Å². The fourth-order valence-electron chi connectivity index (χ4n) is 2.91. The van der Waals surface area contributed by atoms with Crippen molar-refractivity contribution in [1.82, 2.24) is 14.9 Å². The molecule has 1 aliphatic carbocycles. The summed E-state index contributed by atoms with van der Waals surface area (Å²) in [5.74, 6) is 0.496. The van der Waals surface area contributed by atoms with Crippen molar-refractivity contribution in [2.75, 3.05) is 0 Å². The van der Waals surface area contributed by atoms with Crippen LogP contribution in [0.5, 0.6) is 0 Å². The van der Waals surface area contributed by atoms with Crippen LogP contribution >= 0.6 is 11.3 Å². The minimum Gasteiger partial charge on any atom is -0.352 e. The molecule has 2 aromatic rings. The van der Waals surface area contributed by atoms with E-state index in [-0.39, 0.29) is 24.1 Å². The van der Waals surface area contributed by atoms with E-state index in [1.165, 1.54) is 28.7 Å². The highest BCUT2D eigenvalue weighted by atomic mass is 32.1. The second-order valence-electron chi connectivity index (χ2n) is 5.68. The normalized spacial score (nSPS) is 15.7. The van der Waals surface area contributed by atoms with Gasteiger partial charge in [-0.2, -0.15) is 0 Å². The Labute approximate surface area is 127 Å². The summed E-state index contributed by atoms with van der Waals surface area (Å²) >= 11 is 1.51. The van der Waals surface area contributed by atoms with Gasteiger partial charge in [0.1, 0.15) is 17.2 Å². The van der Waals surface area contributed by atoms with Gasteiger partial charge in [-0.1, -0.05) is 12.8 Å². The number of amides is 1. The Morgan fingerprint density at radius 3 is 2.86 bits per heavy atom. The maximum atomic E-state index is 12.5. The topological polar surface area (TPSA) is 64.0 Å². The molecule has 0 aromatic carbocycles. The standard InChI is InChI=1S/C15H19N3O2S/c1-9-7-12-14(21-9)16-10(2)18(15(12)20)8-13(19)17-11-5-3-4-6-11/h7,11H,3-6,8H2,1-2H3,(H,17,19). The zero-order valence-corrected chi connectivity index (χ0v) is 13.1. The van der Waals surface area contributed by atoms with Gasteiger partial charge in [-0.25, -0.2) is 4.98 Å². The Morgan fingerprint density at radius 2 is 2.14 bits per heavy atom. The number of carbonyl (C=O) groups excluding carboxylic acids is 1. The van der Waals surface area contributed by atoms with Crippen molar-refractivity contribution in [3.8, 4) is 0 Å². The van der Waals surface area contributed by atoms with Crippen LogP contribution < -0.4 is 10.9 Å². The van der Waals surface area contributed by atoms with Crippen LogP contribution in [0.15, 0.2) is 10.9 Å². The van der Waals surface area contributed by atoms with Crippen molar-refractivity contribution in [3.63, 3.8) is 0 Å². The van der Waals surface area contributed by atoms with E-state index in [0.29, 0.717) is 11.2 Å². The fraction of sp³-hybridized carbons (Fsp3) is 0.533. The van der Waals surface area contributed by atoms with E-state index in [1.54, 1.807) is 6.92 Å². The molecule has 1 aliphatic rings. The van der Waals surface area contributed by atoms with Crippen LogP contribution in [0, 0.1) is 13.8 Å². The Hall–Kier alpha value is -1.69. The molecule has 112 valence electrons. The van der Waals surface area contributed by atoms with E-state index in [4.69, 9.17) is 0 Å². The van der Waals surface area contributed by atoms with Gasteiger partial charge in [0, 0.05) is 10.9 Å². The van der Waals surface area contributed by atoms with Gasteiger partial charge in [0.05, 0.1) is 5.39 Å². The number of aryl methyl sites for hydroxylation is 2. The summed E-state index contributed by atoms with van der Waals surface area (Å²) in [4.78, 5) is 30.9. The van der Waals surface area contributed by atoms with E-state index in [9.17, 15) is 9.59 Å². The molecule has 1 saturated carbocycles. The Morgan fingerprint density at radius 1 is 1.43 bits per heavy atom. The van der Waals surface area contributed by atoms with Crippen molar-refractivity contribution < 1.29 is 4.79 Å².